The van der Waals surface area contributed by atoms with E-state index in [1.54, 1.807) is 12.1 Å². The molecular weight excluding hydrogens is 314 g/mol. The first-order chi connectivity index (χ1) is 11.1. The molecule has 0 unspecified atom stereocenters. The molecule has 4 rings (SSSR count). The number of nitrogens with zero attached hydrogens (tertiary/aromatic N) is 2. The van der Waals surface area contributed by atoms with Crippen molar-refractivity contribution in [2.24, 2.45) is 0 Å². The van der Waals surface area contributed by atoms with Crippen LogP contribution >= 0.6 is 0 Å². The number of sulfonamides is 1. The molecule has 0 radical (unpaired) electrons. The standard InChI is InChI=1S/C16H17N3O3S/c20-23(21,14-5-1-3-11-4-2-8-22-15(11)14)19-13-9-17-16(18-10-13)12-6-7-12/h1,3,5,9-10,12,19H,2,4,6-8H2. The van der Waals surface area contributed by atoms with E-state index in [2.05, 4.69) is 14.7 Å². The topological polar surface area (TPSA) is 81.2 Å². The van der Waals surface area contributed by atoms with Crippen LogP contribution in [-0.2, 0) is 16.4 Å². The summed E-state index contributed by atoms with van der Waals surface area (Å²) in [7, 11) is -3.73. The number of rotatable bonds is 4. The van der Waals surface area contributed by atoms with Crippen molar-refractivity contribution in [3.8, 4) is 5.75 Å². The predicted octanol–water partition coefficient (Wildman–Crippen LogP) is 2.48. The molecule has 1 aliphatic heterocycles. The third kappa shape index (κ3) is 2.88. The number of nitrogens with one attached hydrogen (secondary N) is 1. The maximum absolute atomic E-state index is 12.7. The van der Waals surface area contributed by atoms with Crippen LogP contribution in [0, 0.1) is 0 Å². The molecule has 1 aliphatic carbocycles. The van der Waals surface area contributed by atoms with E-state index in [9.17, 15) is 8.42 Å². The van der Waals surface area contributed by atoms with Gasteiger partial charge in [0, 0.05) is 5.92 Å². The van der Waals surface area contributed by atoms with Crippen LogP contribution in [-0.4, -0.2) is 25.0 Å². The number of ether oxygens (including phenoxy) is 1. The summed E-state index contributed by atoms with van der Waals surface area (Å²) in [6.45, 7) is 0.540. The Labute approximate surface area is 135 Å². The molecule has 7 heteroatoms. The van der Waals surface area contributed by atoms with E-state index < -0.39 is 10.0 Å². The highest BCUT2D eigenvalue weighted by atomic mass is 32.2. The third-order valence-corrected chi connectivity index (χ3v) is 5.46. The molecule has 0 spiro atoms. The van der Waals surface area contributed by atoms with Gasteiger partial charge in [0.15, 0.2) is 0 Å². The smallest absolute Gasteiger partial charge is 0.265 e. The van der Waals surface area contributed by atoms with Crippen LogP contribution in [0.2, 0.25) is 0 Å². The molecule has 0 atom stereocenters. The minimum atomic E-state index is -3.73. The second kappa shape index (κ2) is 5.49. The van der Waals surface area contributed by atoms with E-state index in [4.69, 9.17) is 4.74 Å². The first kappa shape index (κ1) is 14.4. The SMILES string of the molecule is O=S(=O)(Nc1cnc(C2CC2)nc1)c1cccc2c1OCCC2. The van der Waals surface area contributed by atoms with Gasteiger partial charge in [-0.2, -0.15) is 0 Å². The Morgan fingerprint density at radius 2 is 1.96 bits per heavy atom. The molecule has 1 aromatic carbocycles. The van der Waals surface area contributed by atoms with Gasteiger partial charge in [0.1, 0.15) is 16.5 Å². The van der Waals surface area contributed by atoms with Gasteiger partial charge in [0.2, 0.25) is 0 Å². The minimum Gasteiger partial charge on any atom is -0.492 e. The van der Waals surface area contributed by atoms with Crippen molar-refractivity contribution in [3.63, 3.8) is 0 Å². The summed E-state index contributed by atoms with van der Waals surface area (Å²) >= 11 is 0. The largest absolute Gasteiger partial charge is 0.492 e. The Morgan fingerprint density at radius 1 is 1.17 bits per heavy atom. The number of benzene rings is 1. The van der Waals surface area contributed by atoms with E-state index in [0.717, 1.165) is 37.1 Å². The van der Waals surface area contributed by atoms with Gasteiger partial charge in [-0.05, 0) is 37.3 Å². The first-order valence-corrected chi connectivity index (χ1v) is 9.21. The van der Waals surface area contributed by atoms with E-state index in [-0.39, 0.29) is 4.90 Å². The van der Waals surface area contributed by atoms with Crippen molar-refractivity contribution in [2.45, 2.75) is 36.5 Å². The minimum absolute atomic E-state index is 0.168. The number of hydrogen-bond acceptors (Lipinski definition) is 5. The lowest BCUT2D eigenvalue weighted by atomic mass is 10.1. The molecule has 2 aromatic rings. The van der Waals surface area contributed by atoms with Crippen molar-refractivity contribution in [3.05, 3.63) is 42.0 Å². The number of fused-ring (bicyclic) bond motifs is 1. The Bertz CT molecular complexity index is 830. The Kier molecular flexibility index (Phi) is 3.45. The molecule has 23 heavy (non-hydrogen) atoms. The second-order valence-electron chi connectivity index (χ2n) is 5.91. The molecule has 1 N–H and O–H groups in total. The Balaban J connectivity index is 1.62. The van der Waals surface area contributed by atoms with Crippen molar-refractivity contribution in [1.82, 2.24) is 9.97 Å². The average molecular weight is 331 g/mol. The predicted molar refractivity (Wildman–Crippen MR) is 85.1 cm³/mol. The fourth-order valence-corrected chi connectivity index (χ4v) is 3.94. The zero-order chi connectivity index (χ0) is 15.9. The van der Waals surface area contributed by atoms with Gasteiger partial charge < -0.3 is 4.74 Å². The van der Waals surface area contributed by atoms with Crippen molar-refractivity contribution < 1.29 is 13.2 Å². The first-order valence-electron chi connectivity index (χ1n) is 7.73. The highest BCUT2D eigenvalue weighted by Gasteiger charge is 2.27. The maximum Gasteiger partial charge on any atom is 0.265 e. The fourth-order valence-electron chi connectivity index (χ4n) is 2.72. The van der Waals surface area contributed by atoms with Gasteiger partial charge in [0.05, 0.1) is 24.7 Å². The molecule has 1 aromatic heterocycles. The summed E-state index contributed by atoms with van der Waals surface area (Å²) in [6.07, 6.45) is 7.00. The lowest BCUT2D eigenvalue weighted by Crippen LogP contribution is -2.18. The summed E-state index contributed by atoms with van der Waals surface area (Å²) in [5, 5.41) is 0. The summed E-state index contributed by atoms with van der Waals surface area (Å²) in [5.74, 6) is 1.69. The lowest BCUT2D eigenvalue weighted by Gasteiger charge is -2.20. The lowest BCUT2D eigenvalue weighted by molar-refractivity contribution is 0.280. The quantitative estimate of drug-likeness (QED) is 0.931. The van der Waals surface area contributed by atoms with E-state index in [0.29, 0.717) is 24.0 Å². The number of para-hydroxylation sites is 1. The average Bonchev–Trinajstić information content (AvgIpc) is 3.39. The highest BCUT2D eigenvalue weighted by molar-refractivity contribution is 7.92. The van der Waals surface area contributed by atoms with Crippen LogP contribution in [0.15, 0.2) is 35.5 Å². The summed E-state index contributed by atoms with van der Waals surface area (Å²) < 4.78 is 33.4. The van der Waals surface area contributed by atoms with Crippen molar-refractivity contribution >= 4 is 15.7 Å². The third-order valence-electron chi connectivity index (χ3n) is 4.05. The van der Waals surface area contributed by atoms with Crippen LogP contribution in [0.5, 0.6) is 5.75 Å². The molecule has 2 aliphatic rings. The van der Waals surface area contributed by atoms with Gasteiger partial charge in [0.25, 0.3) is 10.0 Å². The molecular formula is C16H17N3O3S. The maximum atomic E-state index is 12.7. The van der Waals surface area contributed by atoms with E-state index in [1.807, 2.05) is 6.07 Å². The number of aryl methyl sites for hydroxylation is 1. The van der Waals surface area contributed by atoms with Crippen LogP contribution in [0.1, 0.15) is 36.6 Å². The Morgan fingerprint density at radius 3 is 2.70 bits per heavy atom. The van der Waals surface area contributed by atoms with Gasteiger partial charge in [-0.25, -0.2) is 18.4 Å². The number of anilines is 1. The fraction of sp³-hybridized carbons (Fsp3) is 0.375. The molecule has 0 amide bonds. The van der Waals surface area contributed by atoms with Crippen molar-refractivity contribution in [1.29, 1.82) is 0 Å². The summed E-state index contributed by atoms with van der Waals surface area (Å²) in [5.41, 5.74) is 1.29. The summed E-state index contributed by atoms with van der Waals surface area (Å²) in [4.78, 5) is 8.64. The zero-order valence-electron chi connectivity index (χ0n) is 12.5. The highest BCUT2D eigenvalue weighted by Crippen LogP contribution is 2.38. The van der Waals surface area contributed by atoms with Crippen LogP contribution in [0.25, 0.3) is 0 Å². The second-order valence-corrected chi connectivity index (χ2v) is 7.56. The molecule has 2 heterocycles. The summed E-state index contributed by atoms with van der Waals surface area (Å²) in [6, 6.07) is 5.21. The van der Waals surface area contributed by atoms with Gasteiger partial charge in [-0.3, -0.25) is 4.72 Å². The normalized spacial score (nSPS) is 17.2. The van der Waals surface area contributed by atoms with E-state index >= 15 is 0 Å². The molecule has 6 nitrogen and oxygen atoms in total. The van der Waals surface area contributed by atoms with Gasteiger partial charge in [-0.15, -0.1) is 0 Å². The van der Waals surface area contributed by atoms with Crippen LogP contribution < -0.4 is 9.46 Å². The molecule has 0 saturated heterocycles. The zero-order valence-corrected chi connectivity index (χ0v) is 13.3. The molecule has 0 bridgehead atoms. The van der Waals surface area contributed by atoms with Crippen LogP contribution in [0.3, 0.4) is 0 Å². The van der Waals surface area contributed by atoms with Gasteiger partial charge in [-0.1, -0.05) is 12.1 Å². The van der Waals surface area contributed by atoms with Crippen LogP contribution in [0.4, 0.5) is 5.69 Å². The molecule has 1 saturated carbocycles. The number of hydrogen-bond donors (Lipinski definition) is 1. The molecule has 1 fully saturated rings. The van der Waals surface area contributed by atoms with Crippen molar-refractivity contribution in [2.75, 3.05) is 11.3 Å². The van der Waals surface area contributed by atoms with E-state index in [1.165, 1.54) is 12.4 Å². The molecule has 120 valence electrons. The number of aromatic nitrogens is 2. The Hall–Kier alpha value is -2.15. The monoisotopic (exact) mass is 331 g/mol. The van der Waals surface area contributed by atoms with Gasteiger partial charge >= 0.3 is 0 Å².